The van der Waals surface area contributed by atoms with E-state index < -0.39 is 5.91 Å². The van der Waals surface area contributed by atoms with Crippen LogP contribution >= 0.6 is 15.9 Å². The highest BCUT2D eigenvalue weighted by molar-refractivity contribution is 9.10. The van der Waals surface area contributed by atoms with Crippen molar-refractivity contribution in [3.8, 4) is 0 Å². The van der Waals surface area contributed by atoms with E-state index in [0.717, 1.165) is 10.0 Å². The Labute approximate surface area is 113 Å². The predicted molar refractivity (Wildman–Crippen MR) is 76.4 cm³/mol. The molecule has 0 saturated heterocycles. The highest BCUT2D eigenvalue weighted by atomic mass is 79.9. The molecule has 0 bridgehead atoms. The largest absolute Gasteiger partial charge is 0.366 e. The van der Waals surface area contributed by atoms with Crippen LogP contribution in [0.1, 0.15) is 15.9 Å². The van der Waals surface area contributed by atoms with Crippen LogP contribution in [0.25, 0.3) is 0 Å². The molecule has 18 heavy (non-hydrogen) atoms. The van der Waals surface area contributed by atoms with Gasteiger partial charge >= 0.3 is 0 Å². The standard InChI is InChI=1S/C14H11BrN2O/c15-11-7-5-10(6-8-11)9-17-13-4-2-1-3-12(13)14(16)18/h1-9H,(H2,16,18). The Balaban J connectivity index is 2.29. The minimum absolute atomic E-state index is 0.422. The third-order valence-electron chi connectivity index (χ3n) is 2.39. The zero-order valence-corrected chi connectivity index (χ0v) is 11.1. The number of hydrogen-bond acceptors (Lipinski definition) is 2. The van der Waals surface area contributed by atoms with Crippen molar-refractivity contribution in [1.29, 1.82) is 0 Å². The van der Waals surface area contributed by atoms with Crippen LogP contribution in [0, 0.1) is 0 Å². The maximum Gasteiger partial charge on any atom is 0.250 e. The molecule has 2 aromatic carbocycles. The topological polar surface area (TPSA) is 55.5 Å². The van der Waals surface area contributed by atoms with Gasteiger partial charge in [-0.2, -0.15) is 0 Å². The van der Waals surface area contributed by atoms with E-state index in [-0.39, 0.29) is 0 Å². The van der Waals surface area contributed by atoms with Crippen molar-refractivity contribution < 1.29 is 4.79 Å². The number of benzene rings is 2. The lowest BCUT2D eigenvalue weighted by atomic mass is 10.1. The van der Waals surface area contributed by atoms with Gasteiger partial charge in [-0.15, -0.1) is 0 Å². The van der Waals surface area contributed by atoms with E-state index in [1.165, 1.54) is 0 Å². The first-order valence-electron chi connectivity index (χ1n) is 5.35. The average Bonchev–Trinajstić information content (AvgIpc) is 2.38. The molecule has 3 nitrogen and oxygen atoms in total. The van der Waals surface area contributed by atoms with Crippen LogP contribution in [0.4, 0.5) is 5.69 Å². The van der Waals surface area contributed by atoms with E-state index >= 15 is 0 Å². The molecule has 0 aliphatic rings. The highest BCUT2D eigenvalue weighted by Gasteiger charge is 2.04. The summed E-state index contributed by atoms with van der Waals surface area (Å²) in [6.45, 7) is 0. The number of rotatable bonds is 3. The third-order valence-corrected chi connectivity index (χ3v) is 2.92. The van der Waals surface area contributed by atoms with Crippen molar-refractivity contribution in [3.05, 3.63) is 64.1 Å². The Morgan fingerprint density at radius 3 is 2.44 bits per heavy atom. The summed E-state index contributed by atoms with van der Waals surface area (Å²) in [6.07, 6.45) is 1.70. The fourth-order valence-electron chi connectivity index (χ4n) is 1.49. The fraction of sp³-hybridized carbons (Fsp3) is 0. The molecule has 2 rings (SSSR count). The number of nitrogens with two attached hydrogens (primary N) is 1. The van der Waals surface area contributed by atoms with Gasteiger partial charge < -0.3 is 5.73 Å². The Bertz CT molecular complexity index is 591. The van der Waals surface area contributed by atoms with E-state index in [9.17, 15) is 4.79 Å². The van der Waals surface area contributed by atoms with Crippen LogP contribution < -0.4 is 5.73 Å². The van der Waals surface area contributed by atoms with Crippen LogP contribution in [0.3, 0.4) is 0 Å². The van der Waals surface area contributed by atoms with E-state index in [2.05, 4.69) is 20.9 Å². The Kier molecular flexibility index (Phi) is 3.89. The van der Waals surface area contributed by atoms with Gasteiger partial charge in [0.1, 0.15) is 0 Å². The number of halogens is 1. The summed E-state index contributed by atoms with van der Waals surface area (Å²) in [5, 5.41) is 0. The van der Waals surface area contributed by atoms with Gasteiger partial charge in [-0.1, -0.05) is 40.2 Å². The van der Waals surface area contributed by atoms with Gasteiger partial charge in [0, 0.05) is 10.7 Å². The van der Waals surface area contributed by atoms with Gasteiger partial charge in [0.15, 0.2) is 0 Å². The second-order valence-corrected chi connectivity index (χ2v) is 4.61. The molecule has 90 valence electrons. The van der Waals surface area contributed by atoms with Crippen LogP contribution in [0.15, 0.2) is 58.0 Å². The van der Waals surface area contributed by atoms with E-state index in [0.29, 0.717) is 11.3 Å². The van der Waals surface area contributed by atoms with Crippen molar-refractivity contribution in [3.63, 3.8) is 0 Å². The summed E-state index contributed by atoms with van der Waals surface area (Å²) < 4.78 is 1.01. The van der Waals surface area contributed by atoms with Crippen molar-refractivity contribution in [2.45, 2.75) is 0 Å². The second-order valence-electron chi connectivity index (χ2n) is 3.69. The van der Waals surface area contributed by atoms with Gasteiger partial charge in [-0.25, -0.2) is 0 Å². The summed E-state index contributed by atoms with van der Waals surface area (Å²) in [5.74, 6) is -0.474. The third kappa shape index (κ3) is 3.05. The molecule has 0 radical (unpaired) electrons. The molecule has 0 aliphatic heterocycles. The predicted octanol–water partition coefficient (Wildman–Crippen LogP) is 3.30. The number of hydrogen-bond donors (Lipinski definition) is 1. The molecular weight excluding hydrogens is 292 g/mol. The normalized spacial score (nSPS) is 10.7. The SMILES string of the molecule is NC(=O)c1ccccc1N=Cc1ccc(Br)cc1. The van der Waals surface area contributed by atoms with E-state index in [1.807, 2.05) is 30.3 Å². The molecule has 0 aromatic heterocycles. The summed E-state index contributed by atoms with van der Waals surface area (Å²) in [4.78, 5) is 15.5. The van der Waals surface area contributed by atoms with Crippen molar-refractivity contribution in [2.75, 3.05) is 0 Å². The molecule has 0 unspecified atom stereocenters. The lowest BCUT2D eigenvalue weighted by molar-refractivity contribution is 0.100. The minimum atomic E-state index is -0.474. The van der Waals surface area contributed by atoms with Crippen LogP contribution in [-0.4, -0.2) is 12.1 Å². The maximum atomic E-state index is 11.2. The summed E-state index contributed by atoms with van der Waals surface area (Å²) in [7, 11) is 0. The quantitative estimate of drug-likeness (QED) is 0.869. The average molecular weight is 303 g/mol. The minimum Gasteiger partial charge on any atom is -0.366 e. The first-order valence-corrected chi connectivity index (χ1v) is 6.14. The molecule has 0 aliphatic carbocycles. The number of carbonyl (C=O) groups excluding carboxylic acids is 1. The van der Waals surface area contributed by atoms with Crippen molar-refractivity contribution >= 4 is 33.7 Å². The molecule has 2 aromatic rings. The second kappa shape index (κ2) is 5.60. The fourth-order valence-corrected chi connectivity index (χ4v) is 1.75. The van der Waals surface area contributed by atoms with Gasteiger partial charge in [-0.3, -0.25) is 9.79 Å². The summed E-state index contributed by atoms with van der Waals surface area (Å²) in [5.41, 5.74) is 7.24. The lowest BCUT2D eigenvalue weighted by Gasteiger charge is -2.00. The molecule has 0 heterocycles. The zero-order chi connectivity index (χ0) is 13.0. The van der Waals surface area contributed by atoms with E-state index in [4.69, 9.17) is 5.73 Å². The van der Waals surface area contributed by atoms with Gasteiger partial charge in [-0.05, 0) is 29.8 Å². The lowest BCUT2D eigenvalue weighted by Crippen LogP contribution is -2.10. The van der Waals surface area contributed by atoms with Crippen LogP contribution in [-0.2, 0) is 0 Å². The molecular formula is C14H11BrN2O. The molecule has 2 N–H and O–H groups in total. The number of primary amides is 1. The smallest absolute Gasteiger partial charge is 0.250 e. The van der Waals surface area contributed by atoms with Crippen molar-refractivity contribution in [2.24, 2.45) is 10.7 Å². The van der Waals surface area contributed by atoms with Crippen molar-refractivity contribution in [1.82, 2.24) is 0 Å². The Morgan fingerprint density at radius 1 is 1.11 bits per heavy atom. The van der Waals surface area contributed by atoms with Crippen LogP contribution in [0.5, 0.6) is 0 Å². The molecule has 0 fully saturated rings. The number of carbonyl (C=O) groups is 1. The number of para-hydroxylation sites is 1. The van der Waals surface area contributed by atoms with E-state index in [1.54, 1.807) is 24.4 Å². The van der Waals surface area contributed by atoms with Gasteiger partial charge in [0.25, 0.3) is 5.91 Å². The molecule has 0 atom stereocenters. The summed E-state index contributed by atoms with van der Waals surface area (Å²) in [6, 6.07) is 14.7. The molecule has 1 amide bonds. The first kappa shape index (κ1) is 12.5. The number of aliphatic imine (C=N–C) groups is 1. The highest BCUT2D eigenvalue weighted by Crippen LogP contribution is 2.18. The van der Waals surface area contributed by atoms with Gasteiger partial charge in [0.05, 0.1) is 11.3 Å². The molecule has 4 heteroatoms. The summed E-state index contributed by atoms with van der Waals surface area (Å²) >= 11 is 3.37. The first-order chi connectivity index (χ1) is 8.66. The molecule has 0 saturated carbocycles. The maximum absolute atomic E-state index is 11.2. The zero-order valence-electron chi connectivity index (χ0n) is 9.51. The number of nitrogens with zero attached hydrogens (tertiary/aromatic N) is 1. The Morgan fingerprint density at radius 2 is 1.78 bits per heavy atom. The monoisotopic (exact) mass is 302 g/mol. The van der Waals surface area contributed by atoms with Crippen LogP contribution in [0.2, 0.25) is 0 Å². The number of amides is 1. The van der Waals surface area contributed by atoms with Gasteiger partial charge in [0.2, 0.25) is 0 Å². The molecule has 0 spiro atoms. The Hall–Kier alpha value is -1.94.